The summed E-state index contributed by atoms with van der Waals surface area (Å²) in [5.41, 5.74) is 1.26. The van der Waals surface area contributed by atoms with E-state index in [2.05, 4.69) is 43.3 Å². The van der Waals surface area contributed by atoms with E-state index in [-0.39, 0.29) is 0 Å². The van der Waals surface area contributed by atoms with Crippen molar-refractivity contribution in [1.82, 2.24) is 0 Å². The summed E-state index contributed by atoms with van der Waals surface area (Å²) < 4.78 is 0. The first-order valence-corrected chi connectivity index (χ1v) is 5.67. The third-order valence-electron chi connectivity index (χ3n) is 3.41. The van der Waals surface area contributed by atoms with Crippen LogP contribution in [-0.4, -0.2) is 11.7 Å². The van der Waals surface area contributed by atoms with Crippen LogP contribution in [0, 0.1) is 17.8 Å². The summed E-state index contributed by atoms with van der Waals surface area (Å²) in [6.07, 6.45) is 5.43. The van der Waals surface area contributed by atoms with E-state index < -0.39 is 0 Å². The van der Waals surface area contributed by atoms with Crippen LogP contribution in [0.1, 0.15) is 18.9 Å². The first kappa shape index (κ1) is 10.4. The molecule has 3 atom stereocenters. The molecule has 1 saturated carbocycles. The molecule has 1 N–H and O–H groups in total. The second kappa shape index (κ2) is 4.63. The summed E-state index contributed by atoms with van der Waals surface area (Å²) in [5, 5.41) is 8.87. The maximum absolute atomic E-state index is 8.87. The Labute approximate surface area is 91.4 Å². The van der Waals surface area contributed by atoms with Crippen molar-refractivity contribution in [2.45, 2.75) is 13.3 Å². The summed E-state index contributed by atoms with van der Waals surface area (Å²) in [7, 11) is 0. The molecule has 0 bridgehead atoms. The van der Waals surface area contributed by atoms with E-state index in [1.807, 2.05) is 6.07 Å². The van der Waals surface area contributed by atoms with Crippen molar-refractivity contribution in [1.29, 1.82) is 0 Å². The highest BCUT2D eigenvalue weighted by molar-refractivity contribution is 5.49. The minimum atomic E-state index is 0.324. The number of hydrogen-bond acceptors (Lipinski definition) is 1. The third-order valence-corrected chi connectivity index (χ3v) is 3.41. The Morgan fingerprint density at radius 2 is 2.00 bits per heavy atom. The molecule has 0 saturated heterocycles. The number of aliphatic hydroxyl groups is 1. The van der Waals surface area contributed by atoms with Crippen LogP contribution in [0.5, 0.6) is 0 Å². The summed E-state index contributed by atoms with van der Waals surface area (Å²) >= 11 is 0. The van der Waals surface area contributed by atoms with Crippen LogP contribution in [-0.2, 0) is 0 Å². The van der Waals surface area contributed by atoms with Crippen LogP contribution >= 0.6 is 0 Å². The highest BCUT2D eigenvalue weighted by Gasteiger charge is 2.43. The fourth-order valence-corrected chi connectivity index (χ4v) is 2.29. The van der Waals surface area contributed by atoms with Gasteiger partial charge < -0.3 is 5.11 Å². The molecular weight excluding hydrogens is 184 g/mol. The molecule has 1 aliphatic carbocycles. The monoisotopic (exact) mass is 202 g/mol. The molecule has 1 nitrogen and oxygen atoms in total. The topological polar surface area (TPSA) is 20.2 Å². The van der Waals surface area contributed by atoms with Crippen LogP contribution in [0.15, 0.2) is 36.4 Å². The number of rotatable bonds is 4. The van der Waals surface area contributed by atoms with E-state index in [1.165, 1.54) is 5.56 Å². The van der Waals surface area contributed by atoms with Gasteiger partial charge in [0.05, 0.1) is 0 Å². The van der Waals surface area contributed by atoms with Gasteiger partial charge in [0.15, 0.2) is 0 Å². The summed E-state index contributed by atoms with van der Waals surface area (Å²) in [6, 6.07) is 10.4. The summed E-state index contributed by atoms with van der Waals surface area (Å²) in [4.78, 5) is 0. The zero-order valence-corrected chi connectivity index (χ0v) is 9.13. The fourth-order valence-electron chi connectivity index (χ4n) is 2.29. The van der Waals surface area contributed by atoms with Crippen molar-refractivity contribution < 1.29 is 5.11 Å². The average Bonchev–Trinajstić information content (AvgIpc) is 2.88. The summed E-state index contributed by atoms with van der Waals surface area (Å²) in [6.45, 7) is 2.59. The lowest BCUT2D eigenvalue weighted by Crippen LogP contribution is -1.86. The molecule has 0 unspecified atom stereocenters. The van der Waals surface area contributed by atoms with Crippen LogP contribution in [0.2, 0.25) is 0 Å². The minimum Gasteiger partial charge on any atom is -0.396 e. The van der Waals surface area contributed by atoms with Gasteiger partial charge in [-0.25, -0.2) is 0 Å². The smallest absolute Gasteiger partial charge is 0.0433 e. The molecule has 0 aliphatic heterocycles. The first-order chi connectivity index (χ1) is 7.33. The van der Waals surface area contributed by atoms with Crippen molar-refractivity contribution in [3.63, 3.8) is 0 Å². The SMILES string of the molecule is C[C@H]1[C@H](/C=C/c2ccccc2)[C@H]1CCO. The average molecular weight is 202 g/mol. The minimum absolute atomic E-state index is 0.324. The van der Waals surface area contributed by atoms with Crippen LogP contribution in [0.4, 0.5) is 0 Å². The summed E-state index contributed by atoms with van der Waals surface area (Å²) in [5.74, 6) is 2.13. The number of benzene rings is 1. The number of aliphatic hydroxyl groups excluding tert-OH is 1. The number of allylic oxidation sites excluding steroid dienone is 1. The van der Waals surface area contributed by atoms with Crippen molar-refractivity contribution in [2.75, 3.05) is 6.61 Å². The molecule has 1 aromatic rings. The van der Waals surface area contributed by atoms with Crippen LogP contribution < -0.4 is 0 Å². The Balaban J connectivity index is 1.91. The van der Waals surface area contributed by atoms with E-state index >= 15 is 0 Å². The van der Waals surface area contributed by atoms with Gasteiger partial charge in [-0.05, 0) is 29.7 Å². The normalized spacial score (nSPS) is 29.6. The predicted molar refractivity (Wildman–Crippen MR) is 63.3 cm³/mol. The van der Waals surface area contributed by atoms with Crippen molar-refractivity contribution >= 4 is 6.08 Å². The fraction of sp³-hybridized carbons (Fsp3) is 0.429. The van der Waals surface area contributed by atoms with Gasteiger partial charge in [0.2, 0.25) is 0 Å². The van der Waals surface area contributed by atoms with Gasteiger partial charge in [0.25, 0.3) is 0 Å². The van der Waals surface area contributed by atoms with E-state index in [4.69, 9.17) is 5.11 Å². The Morgan fingerprint density at radius 1 is 1.27 bits per heavy atom. The van der Waals surface area contributed by atoms with Gasteiger partial charge in [-0.15, -0.1) is 0 Å². The molecule has 1 aliphatic rings. The van der Waals surface area contributed by atoms with Gasteiger partial charge >= 0.3 is 0 Å². The van der Waals surface area contributed by atoms with Crippen LogP contribution in [0.25, 0.3) is 6.08 Å². The third kappa shape index (κ3) is 2.48. The zero-order valence-electron chi connectivity index (χ0n) is 9.13. The van der Waals surface area contributed by atoms with Gasteiger partial charge in [0, 0.05) is 6.61 Å². The second-order valence-electron chi connectivity index (χ2n) is 4.38. The lowest BCUT2D eigenvalue weighted by molar-refractivity contribution is 0.276. The van der Waals surface area contributed by atoms with Gasteiger partial charge in [-0.2, -0.15) is 0 Å². The zero-order chi connectivity index (χ0) is 10.7. The lowest BCUT2D eigenvalue weighted by atomic mass is 10.1. The Morgan fingerprint density at radius 3 is 2.67 bits per heavy atom. The first-order valence-electron chi connectivity index (χ1n) is 5.67. The molecule has 0 spiro atoms. The van der Waals surface area contributed by atoms with E-state index in [0.29, 0.717) is 18.4 Å². The molecule has 1 heteroatoms. The highest BCUT2D eigenvalue weighted by Crippen LogP contribution is 2.49. The Kier molecular flexibility index (Phi) is 3.22. The predicted octanol–water partition coefficient (Wildman–Crippen LogP) is 2.96. The standard InChI is InChI=1S/C14H18O/c1-11-13(14(11)9-10-15)8-7-12-5-3-2-4-6-12/h2-8,11,13-15H,9-10H2,1H3/b8-7+/t11-,13-,14-/m0/s1. The molecule has 15 heavy (non-hydrogen) atoms. The Hall–Kier alpha value is -1.08. The highest BCUT2D eigenvalue weighted by atomic mass is 16.3. The Bertz CT molecular complexity index is 328. The van der Waals surface area contributed by atoms with Crippen molar-refractivity contribution in [2.24, 2.45) is 17.8 Å². The molecule has 0 radical (unpaired) electrons. The maximum Gasteiger partial charge on any atom is 0.0433 e. The number of hydrogen-bond donors (Lipinski definition) is 1. The largest absolute Gasteiger partial charge is 0.396 e. The van der Waals surface area contributed by atoms with Gasteiger partial charge in [-0.3, -0.25) is 0 Å². The molecule has 1 aromatic carbocycles. The van der Waals surface area contributed by atoms with Crippen molar-refractivity contribution in [3.8, 4) is 0 Å². The van der Waals surface area contributed by atoms with E-state index in [9.17, 15) is 0 Å². The van der Waals surface area contributed by atoms with E-state index in [0.717, 1.165) is 12.3 Å². The molecule has 2 rings (SSSR count). The quantitative estimate of drug-likeness (QED) is 0.796. The van der Waals surface area contributed by atoms with Crippen molar-refractivity contribution in [3.05, 3.63) is 42.0 Å². The molecule has 0 heterocycles. The molecule has 0 aromatic heterocycles. The van der Waals surface area contributed by atoms with E-state index in [1.54, 1.807) is 0 Å². The van der Waals surface area contributed by atoms with Gasteiger partial charge in [0.1, 0.15) is 0 Å². The second-order valence-corrected chi connectivity index (χ2v) is 4.38. The van der Waals surface area contributed by atoms with Gasteiger partial charge in [-0.1, -0.05) is 49.4 Å². The molecule has 0 amide bonds. The maximum atomic E-state index is 8.87. The molecule has 1 fully saturated rings. The molecular formula is C14H18O. The molecule has 80 valence electrons. The lowest BCUT2D eigenvalue weighted by Gasteiger charge is -1.92. The van der Waals surface area contributed by atoms with Crippen LogP contribution in [0.3, 0.4) is 0 Å².